The highest BCUT2D eigenvalue weighted by Crippen LogP contribution is 2.28. The average Bonchev–Trinajstić information content (AvgIpc) is 2.71. The molecule has 2 N–H and O–H groups in total. The van der Waals surface area contributed by atoms with Crippen LogP contribution in [0.4, 0.5) is 5.95 Å². The fourth-order valence-electron chi connectivity index (χ4n) is 2.45. The summed E-state index contributed by atoms with van der Waals surface area (Å²) in [7, 11) is 0. The first kappa shape index (κ1) is 19.1. The lowest BCUT2D eigenvalue weighted by molar-refractivity contribution is 0.279. The van der Waals surface area contributed by atoms with Crippen molar-refractivity contribution in [3.05, 3.63) is 76.2 Å². The molecule has 0 fully saturated rings. The molecule has 0 saturated carbocycles. The van der Waals surface area contributed by atoms with E-state index in [0.29, 0.717) is 24.7 Å². The second-order valence-electron chi connectivity index (χ2n) is 5.78. The normalized spacial score (nSPS) is 10.8. The Bertz CT molecular complexity index is 973. The van der Waals surface area contributed by atoms with Gasteiger partial charge >= 0.3 is 0 Å². The summed E-state index contributed by atoms with van der Waals surface area (Å²) in [5, 5.41) is 11.3. The van der Waals surface area contributed by atoms with E-state index >= 15 is 0 Å². The third kappa shape index (κ3) is 5.66. The molecule has 3 aromatic rings. The van der Waals surface area contributed by atoms with Crippen molar-refractivity contribution in [1.29, 1.82) is 0 Å². The highest BCUT2D eigenvalue weighted by molar-refractivity contribution is 5.81. The van der Waals surface area contributed by atoms with Gasteiger partial charge in [-0.1, -0.05) is 30.3 Å². The monoisotopic (exact) mass is 379 g/mol. The zero-order chi connectivity index (χ0) is 19.6. The number of H-pyrrole nitrogens is 1. The third-order valence-electron chi connectivity index (χ3n) is 3.72. The lowest BCUT2D eigenvalue weighted by Crippen LogP contribution is -2.10. The lowest BCUT2D eigenvalue weighted by Gasteiger charge is -2.12. The van der Waals surface area contributed by atoms with Gasteiger partial charge in [-0.15, -0.1) is 10.2 Å². The number of aromatic amines is 1. The van der Waals surface area contributed by atoms with Gasteiger partial charge in [0.1, 0.15) is 6.20 Å². The van der Waals surface area contributed by atoms with Gasteiger partial charge in [0.15, 0.2) is 11.5 Å². The smallest absolute Gasteiger partial charge is 0.271 e. The van der Waals surface area contributed by atoms with Crippen molar-refractivity contribution in [3.63, 3.8) is 0 Å². The summed E-state index contributed by atoms with van der Waals surface area (Å²) in [6.45, 7) is 2.99. The van der Waals surface area contributed by atoms with Crippen molar-refractivity contribution in [2.45, 2.75) is 13.3 Å². The molecular weight excluding hydrogens is 358 g/mol. The summed E-state index contributed by atoms with van der Waals surface area (Å²) in [5.41, 5.74) is 4.29. The number of ether oxygens (including phenoxy) is 2. The minimum atomic E-state index is -0.358. The Kier molecular flexibility index (Phi) is 6.73. The Balaban J connectivity index is 1.62. The van der Waals surface area contributed by atoms with Gasteiger partial charge in [0.2, 0.25) is 5.95 Å². The van der Waals surface area contributed by atoms with Crippen LogP contribution in [0.15, 0.2) is 64.6 Å². The maximum absolute atomic E-state index is 11.2. The Morgan fingerprint density at radius 1 is 1.14 bits per heavy atom. The molecule has 0 bridgehead atoms. The highest BCUT2D eigenvalue weighted by Gasteiger charge is 2.06. The average molecular weight is 379 g/mol. The number of benzene rings is 2. The number of hydrogen-bond acceptors (Lipinski definition) is 7. The first-order valence-electron chi connectivity index (χ1n) is 8.89. The molecule has 0 spiro atoms. The minimum absolute atomic E-state index is 0.162. The molecule has 0 aliphatic heterocycles. The summed E-state index contributed by atoms with van der Waals surface area (Å²) >= 11 is 0. The van der Waals surface area contributed by atoms with Crippen molar-refractivity contribution in [3.8, 4) is 11.5 Å². The number of anilines is 1. The quantitative estimate of drug-likeness (QED) is 0.438. The van der Waals surface area contributed by atoms with Crippen molar-refractivity contribution in [2.24, 2.45) is 5.10 Å². The number of rotatable bonds is 9. The van der Waals surface area contributed by atoms with Gasteiger partial charge in [0, 0.05) is 6.42 Å². The van der Waals surface area contributed by atoms with E-state index in [9.17, 15) is 4.79 Å². The molecule has 144 valence electrons. The van der Waals surface area contributed by atoms with Crippen LogP contribution in [0.2, 0.25) is 0 Å². The van der Waals surface area contributed by atoms with Crippen molar-refractivity contribution in [2.75, 3.05) is 18.6 Å². The molecule has 3 rings (SSSR count). The zero-order valence-electron chi connectivity index (χ0n) is 15.5. The first-order valence-corrected chi connectivity index (χ1v) is 8.89. The van der Waals surface area contributed by atoms with E-state index < -0.39 is 0 Å². The van der Waals surface area contributed by atoms with Crippen LogP contribution in [0.5, 0.6) is 11.5 Å². The molecular formula is C20H21N5O3. The molecule has 1 heterocycles. The maximum atomic E-state index is 11.2. The molecule has 8 nitrogen and oxygen atoms in total. The van der Waals surface area contributed by atoms with E-state index in [4.69, 9.17) is 9.47 Å². The van der Waals surface area contributed by atoms with Crippen LogP contribution in [-0.4, -0.2) is 34.6 Å². The van der Waals surface area contributed by atoms with Gasteiger partial charge in [-0.25, -0.2) is 5.43 Å². The number of nitrogens with zero attached hydrogens (tertiary/aromatic N) is 3. The van der Waals surface area contributed by atoms with E-state index in [0.717, 1.165) is 18.2 Å². The first-order chi connectivity index (χ1) is 13.7. The Morgan fingerprint density at radius 3 is 2.79 bits per heavy atom. The Morgan fingerprint density at radius 2 is 2.00 bits per heavy atom. The summed E-state index contributed by atoms with van der Waals surface area (Å²) in [6, 6.07) is 15.7. The molecule has 2 aromatic carbocycles. The number of hydrogen-bond donors (Lipinski definition) is 2. The second-order valence-corrected chi connectivity index (χ2v) is 5.78. The fraction of sp³-hybridized carbons (Fsp3) is 0.200. The van der Waals surface area contributed by atoms with Crippen LogP contribution >= 0.6 is 0 Å². The number of nitrogens with one attached hydrogen (secondary N) is 2. The Labute approximate surface area is 162 Å². The van der Waals surface area contributed by atoms with Gasteiger partial charge in [0.05, 0.1) is 19.4 Å². The van der Waals surface area contributed by atoms with Gasteiger partial charge in [0.25, 0.3) is 5.56 Å². The number of hydrazone groups is 1. The second kappa shape index (κ2) is 9.86. The molecule has 8 heteroatoms. The molecule has 0 amide bonds. The van der Waals surface area contributed by atoms with Gasteiger partial charge < -0.3 is 9.47 Å². The molecule has 1 aromatic heterocycles. The van der Waals surface area contributed by atoms with E-state index in [1.54, 1.807) is 6.21 Å². The van der Waals surface area contributed by atoms with Gasteiger partial charge in [-0.3, -0.25) is 9.78 Å². The largest absolute Gasteiger partial charge is 0.490 e. The minimum Gasteiger partial charge on any atom is -0.490 e. The molecule has 0 unspecified atom stereocenters. The van der Waals surface area contributed by atoms with Crippen molar-refractivity contribution in [1.82, 2.24) is 15.2 Å². The van der Waals surface area contributed by atoms with E-state index in [2.05, 4.69) is 37.8 Å². The summed E-state index contributed by atoms with van der Waals surface area (Å²) in [4.78, 5) is 13.6. The summed E-state index contributed by atoms with van der Waals surface area (Å²) in [6.07, 6.45) is 3.49. The van der Waals surface area contributed by atoms with E-state index in [1.807, 2.05) is 43.3 Å². The van der Waals surface area contributed by atoms with Gasteiger partial charge in [-0.2, -0.15) is 5.10 Å². The molecule has 0 aliphatic carbocycles. The van der Waals surface area contributed by atoms with Crippen LogP contribution in [-0.2, 0) is 6.42 Å². The molecule has 0 radical (unpaired) electrons. The predicted octanol–water partition coefficient (Wildman–Crippen LogP) is 2.63. The van der Waals surface area contributed by atoms with Crippen molar-refractivity contribution >= 4 is 12.2 Å². The van der Waals surface area contributed by atoms with Crippen LogP contribution in [0.3, 0.4) is 0 Å². The highest BCUT2D eigenvalue weighted by atomic mass is 16.5. The van der Waals surface area contributed by atoms with Crippen LogP contribution in [0.25, 0.3) is 0 Å². The molecule has 28 heavy (non-hydrogen) atoms. The summed E-state index contributed by atoms with van der Waals surface area (Å²) in [5.74, 6) is 1.49. The van der Waals surface area contributed by atoms with Crippen LogP contribution in [0.1, 0.15) is 18.1 Å². The number of aromatic nitrogens is 3. The van der Waals surface area contributed by atoms with E-state index in [1.165, 1.54) is 5.56 Å². The van der Waals surface area contributed by atoms with Gasteiger partial charge in [-0.05, 0) is 36.2 Å². The topological polar surface area (TPSA) is 101 Å². The predicted molar refractivity (Wildman–Crippen MR) is 107 cm³/mol. The fourth-order valence-corrected chi connectivity index (χ4v) is 2.45. The van der Waals surface area contributed by atoms with Crippen LogP contribution in [0, 0.1) is 0 Å². The Hall–Kier alpha value is -3.68. The van der Waals surface area contributed by atoms with E-state index in [-0.39, 0.29) is 11.5 Å². The third-order valence-corrected chi connectivity index (χ3v) is 3.72. The maximum Gasteiger partial charge on any atom is 0.271 e. The molecule has 0 aliphatic rings. The zero-order valence-corrected chi connectivity index (χ0v) is 15.5. The van der Waals surface area contributed by atoms with Crippen molar-refractivity contribution < 1.29 is 9.47 Å². The van der Waals surface area contributed by atoms with Crippen LogP contribution < -0.4 is 20.5 Å². The lowest BCUT2D eigenvalue weighted by atomic mass is 10.2. The summed E-state index contributed by atoms with van der Waals surface area (Å²) < 4.78 is 11.6. The molecule has 0 saturated heterocycles. The standard InChI is InChI=1S/C20H21N5O3/c1-2-27-18-12-16(13-21-24-20-23-19(26)14-22-25-20)8-9-17(18)28-11-10-15-6-4-3-5-7-15/h3-9,12-14H,2,10-11H2,1H3,(H2,23,24,25,26)/b21-13+. The molecule has 0 atom stereocenters. The SMILES string of the molecule is CCOc1cc(/C=N/Nc2nncc(=O)[nH]2)ccc1OCCc1ccccc1.